The van der Waals surface area contributed by atoms with E-state index in [1.807, 2.05) is 19.2 Å². The number of benzene rings is 1. The van der Waals surface area contributed by atoms with Gasteiger partial charge in [0.25, 0.3) is 0 Å². The average Bonchev–Trinajstić information content (AvgIpc) is 2.88. The number of rotatable bonds is 3. The van der Waals surface area contributed by atoms with E-state index in [1.54, 1.807) is 0 Å². The summed E-state index contributed by atoms with van der Waals surface area (Å²) in [7, 11) is 0. The average molecular weight is 253 g/mol. The molecule has 1 fully saturated rings. The van der Waals surface area contributed by atoms with Crippen LogP contribution < -0.4 is 0 Å². The molecule has 2 aromatic rings. The fourth-order valence-corrected chi connectivity index (χ4v) is 2.69. The molecule has 1 atom stereocenters. The highest BCUT2D eigenvalue weighted by Crippen LogP contribution is 2.25. The van der Waals surface area contributed by atoms with Crippen LogP contribution in [0.3, 0.4) is 0 Å². The molecule has 1 aromatic heterocycles. The molecule has 0 aliphatic carbocycles. The minimum Gasteiger partial charge on any atom is -0.298 e. The van der Waals surface area contributed by atoms with Gasteiger partial charge in [0.15, 0.2) is 0 Å². The third-order valence-electron chi connectivity index (χ3n) is 3.70. The van der Waals surface area contributed by atoms with Gasteiger partial charge in [-0.25, -0.2) is 9.97 Å². The van der Waals surface area contributed by atoms with Crippen molar-refractivity contribution in [1.82, 2.24) is 14.9 Å². The van der Waals surface area contributed by atoms with Crippen LogP contribution in [0.15, 0.2) is 42.6 Å². The van der Waals surface area contributed by atoms with Gasteiger partial charge in [0.2, 0.25) is 0 Å². The summed E-state index contributed by atoms with van der Waals surface area (Å²) in [5.41, 5.74) is 2.44. The van der Waals surface area contributed by atoms with Crippen molar-refractivity contribution < 1.29 is 0 Å². The lowest BCUT2D eigenvalue weighted by Gasteiger charge is -2.15. The summed E-state index contributed by atoms with van der Waals surface area (Å²) >= 11 is 0. The summed E-state index contributed by atoms with van der Waals surface area (Å²) in [5.74, 6) is 1.50. The second-order valence-electron chi connectivity index (χ2n) is 5.26. The van der Waals surface area contributed by atoms with Crippen molar-refractivity contribution >= 4 is 0 Å². The Kier molecular flexibility index (Phi) is 3.56. The molecule has 0 bridgehead atoms. The Morgan fingerprint density at radius 3 is 2.84 bits per heavy atom. The number of hydrogen-bond acceptors (Lipinski definition) is 3. The van der Waals surface area contributed by atoms with Crippen LogP contribution in [0.25, 0.3) is 0 Å². The van der Waals surface area contributed by atoms with Crippen LogP contribution >= 0.6 is 0 Å². The predicted molar refractivity (Wildman–Crippen MR) is 75.8 cm³/mol. The second kappa shape index (κ2) is 5.49. The highest BCUT2D eigenvalue weighted by molar-refractivity contribution is 5.15. The van der Waals surface area contributed by atoms with Gasteiger partial charge in [0.1, 0.15) is 5.82 Å². The topological polar surface area (TPSA) is 29.0 Å². The molecule has 0 amide bonds. The minimum absolute atomic E-state index is 0.489. The standard InChI is InChI=1S/C16H19N3/c1-13-7-9-17-16(18-13)15-8-10-19(12-15)11-14-5-3-2-4-6-14/h2-7,9,15H,8,10-12H2,1H3/t15-/m1/s1. The van der Waals surface area contributed by atoms with Crippen molar-refractivity contribution in [3.63, 3.8) is 0 Å². The van der Waals surface area contributed by atoms with E-state index in [0.29, 0.717) is 5.92 Å². The van der Waals surface area contributed by atoms with E-state index in [9.17, 15) is 0 Å². The Morgan fingerprint density at radius 1 is 1.21 bits per heavy atom. The first kappa shape index (κ1) is 12.3. The zero-order valence-electron chi connectivity index (χ0n) is 11.3. The van der Waals surface area contributed by atoms with E-state index in [2.05, 4.69) is 45.2 Å². The first-order valence-corrected chi connectivity index (χ1v) is 6.87. The fraction of sp³-hybridized carbons (Fsp3) is 0.375. The van der Waals surface area contributed by atoms with Gasteiger partial charge >= 0.3 is 0 Å². The highest BCUT2D eigenvalue weighted by Gasteiger charge is 2.25. The number of aryl methyl sites for hydroxylation is 1. The largest absolute Gasteiger partial charge is 0.298 e. The van der Waals surface area contributed by atoms with E-state index in [-0.39, 0.29) is 0 Å². The van der Waals surface area contributed by atoms with Crippen molar-refractivity contribution in [2.24, 2.45) is 0 Å². The third-order valence-corrected chi connectivity index (χ3v) is 3.70. The SMILES string of the molecule is Cc1ccnc([C@@H]2CCN(Cc3ccccc3)C2)n1. The zero-order chi connectivity index (χ0) is 13.1. The Hall–Kier alpha value is -1.74. The first-order chi connectivity index (χ1) is 9.31. The second-order valence-corrected chi connectivity index (χ2v) is 5.26. The molecule has 19 heavy (non-hydrogen) atoms. The Morgan fingerprint density at radius 2 is 2.05 bits per heavy atom. The maximum Gasteiger partial charge on any atom is 0.132 e. The number of nitrogens with zero attached hydrogens (tertiary/aromatic N) is 3. The van der Waals surface area contributed by atoms with Crippen LogP contribution in [0, 0.1) is 6.92 Å². The molecule has 1 aromatic carbocycles. The molecule has 3 rings (SSSR count). The summed E-state index contributed by atoms with van der Waals surface area (Å²) in [6.07, 6.45) is 3.04. The molecule has 3 nitrogen and oxygen atoms in total. The van der Waals surface area contributed by atoms with Crippen LogP contribution in [-0.2, 0) is 6.54 Å². The third kappa shape index (κ3) is 2.99. The van der Waals surface area contributed by atoms with Crippen molar-refractivity contribution in [3.8, 4) is 0 Å². The van der Waals surface area contributed by atoms with Crippen LogP contribution in [-0.4, -0.2) is 28.0 Å². The van der Waals surface area contributed by atoms with E-state index in [0.717, 1.165) is 37.6 Å². The Bertz CT molecular complexity index is 539. The molecule has 1 saturated heterocycles. The molecule has 0 radical (unpaired) electrons. The van der Waals surface area contributed by atoms with Gasteiger partial charge in [-0.1, -0.05) is 30.3 Å². The molecule has 0 spiro atoms. The zero-order valence-corrected chi connectivity index (χ0v) is 11.3. The van der Waals surface area contributed by atoms with E-state index in [1.165, 1.54) is 5.56 Å². The lowest BCUT2D eigenvalue weighted by molar-refractivity contribution is 0.325. The highest BCUT2D eigenvalue weighted by atomic mass is 15.1. The molecule has 98 valence electrons. The maximum absolute atomic E-state index is 4.56. The molecule has 0 unspecified atom stereocenters. The van der Waals surface area contributed by atoms with E-state index < -0.39 is 0 Å². The van der Waals surface area contributed by atoms with Crippen LogP contribution in [0.4, 0.5) is 0 Å². The first-order valence-electron chi connectivity index (χ1n) is 6.87. The quantitative estimate of drug-likeness (QED) is 0.842. The monoisotopic (exact) mass is 253 g/mol. The fourth-order valence-electron chi connectivity index (χ4n) is 2.69. The molecule has 0 saturated carbocycles. The molecule has 2 heterocycles. The van der Waals surface area contributed by atoms with Crippen LogP contribution in [0.1, 0.15) is 29.4 Å². The van der Waals surface area contributed by atoms with Gasteiger partial charge < -0.3 is 0 Å². The summed E-state index contributed by atoms with van der Waals surface area (Å²) in [6, 6.07) is 12.6. The molecular weight excluding hydrogens is 234 g/mol. The van der Waals surface area contributed by atoms with Gasteiger partial charge in [0, 0.05) is 30.9 Å². The molecule has 3 heteroatoms. The van der Waals surface area contributed by atoms with Crippen LogP contribution in [0.5, 0.6) is 0 Å². The molecule has 1 aliphatic heterocycles. The van der Waals surface area contributed by atoms with Gasteiger partial charge in [0.05, 0.1) is 0 Å². The molecule has 1 aliphatic rings. The summed E-state index contributed by atoms with van der Waals surface area (Å²) in [6.45, 7) is 5.26. The smallest absolute Gasteiger partial charge is 0.132 e. The van der Waals surface area contributed by atoms with Crippen molar-refractivity contribution in [2.75, 3.05) is 13.1 Å². The van der Waals surface area contributed by atoms with Gasteiger partial charge in [-0.05, 0) is 31.5 Å². The van der Waals surface area contributed by atoms with E-state index >= 15 is 0 Å². The maximum atomic E-state index is 4.56. The van der Waals surface area contributed by atoms with Crippen molar-refractivity contribution in [1.29, 1.82) is 0 Å². The predicted octanol–water partition coefficient (Wildman–Crippen LogP) is 2.77. The van der Waals surface area contributed by atoms with Crippen molar-refractivity contribution in [3.05, 3.63) is 59.7 Å². The number of hydrogen-bond donors (Lipinski definition) is 0. The Labute approximate surface area is 114 Å². The number of likely N-dealkylation sites (tertiary alicyclic amines) is 1. The summed E-state index contributed by atoms with van der Waals surface area (Å²) < 4.78 is 0. The van der Waals surface area contributed by atoms with Gasteiger partial charge in [-0.15, -0.1) is 0 Å². The normalized spacial score (nSPS) is 19.7. The van der Waals surface area contributed by atoms with Gasteiger partial charge in [-0.3, -0.25) is 4.90 Å². The van der Waals surface area contributed by atoms with Crippen molar-refractivity contribution in [2.45, 2.75) is 25.8 Å². The molecular formula is C16H19N3. The lowest BCUT2D eigenvalue weighted by atomic mass is 10.1. The summed E-state index contributed by atoms with van der Waals surface area (Å²) in [4.78, 5) is 11.5. The summed E-state index contributed by atoms with van der Waals surface area (Å²) in [5, 5.41) is 0. The van der Waals surface area contributed by atoms with Gasteiger partial charge in [-0.2, -0.15) is 0 Å². The lowest BCUT2D eigenvalue weighted by Crippen LogP contribution is -2.20. The minimum atomic E-state index is 0.489. The van der Waals surface area contributed by atoms with Crippen LogP contribution in [0.2, 0.25) is 0 Å². The Balaban J connectivity index is 1.64. The van der Waals surface area contributed by atoms with E-state index in [4.69, 9.17) is 0 Å². The number of aromatic nitrogens is 2. The molecule has 0 N–H and O–H groups in total.